The summed E-state index contributed by atoms with van der Waals surface area (Å²) in [6, 6.07) is 36.0. The van der Waals surface area contributed by atoms with Crippen LogP contribution < -0.4 is 15.0 Å². The van der Waals surface area contributed by atoms with Crippen LogP contribution in [0.25, 0.3) is 0 Å². The lowest BCUT2D eigenvalue weighted by atomic mass is 9.97. The molecule has 2 unspecified atom stereocenters. The van der Waals surface area contributed by atoms with Crippen LogP contribution in [0.4, 0.5) is 22.0 Å². The van der Waals surface area contributed by atoms with E-state index in [0.29, 0.717) is 54.3 Å². The predicted octanol–water partition coefficient (Wildman–Crippen LogP) is 9.40. The Balaban J connectivity index is 1.30. The maximum Gasteiger partial charge on any atom is 0.413 e. The SMILES string of the molecule is CCOOCC(c1ccccc1)N1C(=O)c2cc(CCCCOc3cccnc3NC(=O)OC(C)(C)C)ccc2N(c2ccccc2)C(=O)C1c1ccccc1. The van der Waals surface area contributed by atoms with Gasteiger partial charge in [0.25, 0.3) is 11.8 Å². The summed E-state index contributed by atoms with van der Waals surface area (Å²) in [5.41, 5.74) is 3.32. The summed E-state index contributed by atoms with van der Waals surface area (Å²) in [5.74, 6) is 0.144. The summed E-state index contributed by atoms with van der Waals surface area (Å²) in [4.78, 5) is 61.3. The molecule has 6 rings (SSSR count). The van der Waals surface area contributed by atoms with Crippen LogP contribution in [0.3, 0.4) is 0 Å². The molecule has 0 bridgehead atoms. The molecule has 290 valence electrons. The van der Waals surface area contributed by atoms with Gasteiger partial charge in [-0.25, -0.2) is 19.6 Å². The van der Waals surface area contributed by atoms with Gasteiger partial charge in [0.05, 0.1) is 30.5 Å². The van der Waals surface area contributed by atoms with Gasteiger partial charge in [0.2, 0.25) is 0 Å². The van der Waals surface area contributed by atoms with E-state index >= 15 is 9.59 Å². The number of carbonyl (C=O) groups is 3. The number of nitrogens with zero attached hydrogens (tertiary/aromatic N) is 3. The number of amides is 3. The highest BCUT2D eigenvalue weighted by Gasteiger charge is 2.45. The highest BCUT2D eigenvalue weighted by atomic mass is 17.2. The number of aromatic nitrogens is 1. The van der Waals surface area contributed by atoms with Crippen molar-refractivity contribution in [3.05, 3.63) is 150 Å². The van der Waals surface area contributed by atoms with Gasteiger partial charge in [-0.1, -0.05) is 84.9 Å². The highest BCUT2D eigenvalue weighted by molar-refractivity contribution is 6.14. The lowest BCUT2D eigenvalue weighted by molar-refractivity contribution is -0.298. The second-order valence-electron chi connectivity index (χ2n) is 14.3. The lowest BCUT2D eigenvalue weighted by Crippen LogP contribution is -2.44. The molecule has 11 nitrogen and oxygen atoms in total. The van der Waals surface area contributed by atoms with Crippen LogP contribution in [-0.4, -0.2) is 53.2 Å². The van der Waals surface area contributed by atoms with Gasteiger partial charge in [0, 0.05) is 11.9 Å². The number of aryl methyl sites for hydroxylation is 1. The monoisotopic (exact) mass is 756 g/mol. The minimum atomic E-state index is -0.991. The Kier molecular flexibility index (Phi) is 13.1. The molecule has 3 amide bonds. The average Bonchev–Trinajstić information content (AvgIpc) is 3.28. The quantitative estimate of drug-likeness (QED) is 0.0638. The van der Waals surface area contributed by atoms with Crippen LogP contribution in [0.1, 0.15) is 79.7 Å². The Morgan fingerprint density at radius 2 is 1.54 bits per heavy atom. The predicted molar refractivity (Wildman–Crippen MR) is 215 cm³/mol. The number of rotatable bonds is 15. The number of para-hydroxylation sites is 1. The maximum absolute atomic E-state index is 15.2. The van der Waals surface area contributed by atoms with Gasteiger partial charge >= 0.3 is 6.09 Å². The fraction of sp³-hybridized carbons (Fsp3) is 0.289. The first kappa shape index (κ1) is 39.6. The zero-order valence-corrected chi connectivity index (χ0v) is 32.2. The van der Waals surface area contributed by atoms with E-state index in [1.165, 1.54) is 0 Å². The number of nitrogens with one attached hydrogen (secondary N) is 1. The number of hydrogen-bond donors (Lipinski definition) is 1. The second-order valence-corrected chi connectivity index (χ2v) is 14.3. The van der Waals surface area contributed by atoms with E-state index in [4.69, 9.17) is 19.2 Å². The number of benzene rings is 4. The van der Waals surface area contributed by atoms with Crippen LogP contribution in [0.2, 0.25) is 0 Å². The van der Waals surface area contributed by atoms with Crippen LogP contribution in [0, 0.1) is 0 Å². The van der Waals surface area contributed by atoms with Gasteiger partial charge in [-0.15, -0.1) is 0 Å². The van der Waals surface area contributed by atoms with Crippen molar-refractivity contribution in [1.82, 2.24) is 9.88 Å². The van der Waals surface area contributed by atoms with Gasteiger partial charge in [-0.3, -0.25) is 19.8 Å². The fourth-order valence-electron chi connectivity index (χ4n) is 6.65. The van der Waals surface area contributed by atoms with Crippen molar-refractivity contribution in [2.24, 2.45) is 0 Å². The van der Waals surface area contributed by atoms with E-state index in [1.807, 2.05) is 116 Å². The maximum atomic E-state index is 15.2. The zero-order valence-electron chi connectivity index (χ0n) is 32.2. The summed E-state index contributed by atoms with van der Waals surface area (Å²) in [7, 11) is 0. The minimum Gasteiger partial charge on any atom is -0.490 e. The lowest BCUT2D eigenvalue weighted by Gasteiger charge is -2.37. The summed E-state index contributed by atoms with van der Waals surface area (Å²) in [6.07, 6.45) is 3.04. The summed E-state index contributed by atoms with van der Waals surface area (Å²) in [6.45, 7) is 7.90. The topological polar surface area (TPSA) is 120 Å². The molecule has 0 saturated carbocycles. The average molecular weight is 757 g/mol. The third-order valence-electron chi connectivity index (χ3n) is 9.08. The van der Waals surface area contributed by atoms with Crippen LogP contribution in [-0.2, 0) is 25.7 Å². The number of fused-ring (bicyclic) bond motifs is 1. The van der Waals surface area contributed by atoms with Crippen molar-refractivity contribution in [2.45, 2.75) is 64.6 Å². The second kappa shape index (κ2) is 18.5. The molecule has 1 N–H and O–H groups in total. The summed E-state index contributed by atoms with van der Waals surface area (Å²) < 4.78 is 11.4. The molecule has 0 spiro atoms. The standard InChI is InChI=1S/C45H48N4O7/c1-5-54-55-31-38(33-19-9-6-10-20-33)49-40(34-21-11-7-12-22-34)43(51)48(35-23-13-8-14-24-35)37-27-26-32(30-36(37)42(49)50)18-15-16-29-53-39-25-17-28-46-41(39)47-44(52)56-45(2,3)4/h6-14,17,19-28,30,38,40H,5,15-16,18,29,31H2,1-4H3,(H,46,47,52). The van der Waals surface area contributed by atoms with Gasteiger partial charge < -0.3 is 14.4 Å². The molecule has 4 aromatic carbocycles. The Morgan fingerprint density at radius 1 is 0.839 bits per heavy atom. The Labute approximate surface area is 328 Å². The molecule has 11 heteroatoms. The first-order valence-corrected chi connectivity index (χ1v) is 18.9. The number of carbonyl (C=O) groups excluding carboxylic acids is 3. The molecule has 0 fully saturated rings. The minimum absolute atomic E-state index is 0.00646. The molecule has 56 heavy (non-hydrogen) atoms. The fourth-order valence-corrected chi connectivity index (χ4v) is 6.65. The Bertz CT molecular complexity index is 2070. The first-order chi connectivity index (χ1) is 27.1. The van der Waals surface area contributed by atoms with Crippen molar-refractivity contribution in [3.8, 4) is 5.75 Å². The van der Waals surface area contributed by atoms with Gasteiger partial charge in [0.15, 0.2) is 11.6 Å². The Morgan fingerprint density at radius 3 is 2.23 bits per heavy atom. The summed E-state index contributed by atoms with van der Waals surface area (Å²) >= 11 is 0. The molecule has 1 aromatic heterocycles. The van der Waals surface area contributed by atoms with Crippen LogP contribution in [0.5, 0.6) is 5.75 Å². The summed E-state index contributed by atoms with van der Waals surface area (Å²) in [5, 5.41) is 2.66. The molecule has 5 aromatic rings. The largest absolute Gasteiger partial charge is 0.490 e. The number of pyridine rings is 1. The van der Waals surface area contributed by atoms with Gasteiger partial charge in [-0.05, 0) is 100 Å². The molecule has 2 heterocycles. The smallest absolute Gasteiger partial charge is 0.413 e. The van der Waals surface area contributed by atoms with Crippen molar-refractivity contribution in [1.29, 1.82) is 0 Å². The van der Waals surface area contributed by atoms with E-state index in [9.17, 15) is 4.79 Å². The molecular weight excluding hydrogens is 709 g/mol. The molecule has 1 aliphatic rings. The van der Waals surface area contributed by atoms with Crippen molar-refractivity contribution < 1.29 is 33.6 Å². The highest BCUT2D eigenvalue weighted by Crippen LogP contribution is 2.43. The molecular formula is C45H48N4O7. The van der Waals surface area contributed by atoms with Gasteiger partial charge in [0.1, 0.15) is 18.2 Å². The van der Waals surface area contributed by atoms with Crippen molar-refractivity contribution in [3.63, 3.8) is 0 Å². The molecule has 0 radical (unpaired) electrons. The first-order valence-electron chi connectivity index (χ1n) is 18.9. The third kappa shape index (κ3) is 9.79. The zero-order chi connectivity index (χ0) is 39.5. The van der Waals surface area contributed by atoms with E-state index in [1.54, 1.807) is 48.9 Å². The Hall–Kier alpha value is -6.04. The van der Waals surface area contributed by atoms with Crippen LogP contribution in [0.15, 0.2) is 128 Å². The molecule has 1 aliphatic heterocycles. The van der Waals surface area contributed by atoms with Crippen molar-refractivity contribution in [2.75, 3.05) is 30.0 Å². The number of hydrogen-bond acceptors (Lipinski definition) is 8. The third-order valence-corrected chi connectivity index (χ3v) is 9.08. The van der Waals surface area contributed by atoms with E-state index in [2.05, 4.69) is 10.3 Å². The normalized spacial score (nSPS) is 14.8. The number of anilines is 3. The number of unbranched alkanes of at least 4 members (excludes halogenated alkanes) is 1. The molecule has 0 aliphatic carbocycles. The molecule has 0 saturated heterocycles. The van der Waals surface area contributed by atoms with Crippen molar-refractivity contribution >= 4 is 35.1 Å². The molecule has 2 atom stereocenters. The van der Waals surface area contributed by atoms with E-state index < -0.39 is 23.8 Å². The van der Waals surface area contributed by atoms with E-state index in [-0.39, 0.29) is 24.2 Å². The van der Waals surface area contributed by atoms with Gasteiger partial charge in [-0.2, -0.15) is 0 Å². The van der Waals surface area contributed by atoms with E-state index in [0.717, 1.165) is 17.5 Å². The number of ether oxygens (including phenoxy) is 2. The van der Waals surface area contributed by atoms with Crippen LogP contribution >= 0.6 is 0 Å².